The van der Waals surface area contributed by atoms with Gasteiger partial charge in [0.2, 0.25) is 0 Å². The lowest BCUT2D eigenvalue weighted by atomic mass is 10.0. The van der Waals surface area contributed by atoms with Crippen LogP contribution in [0.25, 0.3) is 17.2 Å². The average Bonchev–Trinajstić information content (AvgIpc) is 2.97. The summed E-state index contributed by atoms with van der Waals surface area (Å²) < 4.78 is 19.6. The third kappa shape index (κ3) is 4.50. The molecule has 31 heavy (non-hydrogen) atoms. The fraction of sp³-hybridized carbons (Fsp3) is 0.0800. The molecule has 0 atom stereocenters. The van der Waals surface area contributed by atoms with Crippen LogP contribution in [0.15, 0.2) is 66.2 Å². The van der Waals surface area contributed by atoms with Crippen molar-refractivity contribution in [3.05, 3.63) is 98.8 Å². The van der Waals surface area contributed by atoms with E-state index < -0.39 is 5.97 Å². The van der Waals surface area contributed by atoms with Crippen molar-refractivity contribution in [2.45, 2.75) is 13.3 Å². The topological polar surface area (TPSA) is 46.5 Å². The van der Waals surface area contributed by atoms with Crippen LogP contribution in [0, 0.1) is 5.82 Å². The molecule has 0 unspecified atom stereocenters. The maximum Gasteiger partial charge on any atom is 0.307 e. The minimum absolute atomic E-state index is 0.157. The number of benzene rings is 3. The van der Waals surface area contributed by atoms with Crippen LogP contribution < -0.4 is 4.74 Å². The first-order chi connectivity index (χ1) is 14.8. The Labute approximate surface area is 189 Å². The molecule has 6 heteroatoms. The van der Waals surface area contributed by atoms with Crippen LogP contribution in [0.2, 0.25) is 10.0 Å². The lowest BCUT2D eigenvalue weighted by Crippen LogP contribution is -1.97. The number of halogens is 3. The van der Waals surface area contributed by atoms with Gasteiger partial charge in [0.25, 0.3) is 0 Å². The molecular formula is C25H17Cl2FO3. The first kappa shape index (κ1) is 21.2. The van der Waals surface area contributed by atoms with Crippen molar-refractivity contribution in [3.8, 4) is 11.5 Å². The van der Waals surface area contributed by atoms with E-state index in [1.807, 2.05) is 37.3 Å². The Morgan fingerprint density at radius 3 is 2.35 bits per heavy atom. The molecule has 3 nitrogen and oxygen atoms in total. The Balaban J connectivity index is 1.64. The van der Waals surface area contributed by atoms with Crippen molar-refractivity contribution in [1.29, 1.82) is 0 Å². The molecule has 0 spiro atoms. The van der Waals surface area contributed by atoms with Gasteiger partial charge >= 0.3 is 5.97 Å². The smallest absolute Gasteiger partial charge is 0.307 e. The zero-order chi connectivity index (χ0) is 22.1. The van der Waals surface area contributed by atoms with Gasteiger partial charge in [-0.15, -0.1) is 0 Å². The van der Waals surface area contributed by atoms with E-state index in [9.17, 15) is 14.3 Å². The molecule has 0 saturated heterocycles. The van der Waals surface area contributed by atoms with Crippen molar-refractivity contribution in [2.75, 3.05) is 0 Å². The molecule has 4 rings (SSSR count). The Bertz CT molecular complexity index is 1240. The van der Waals surface area contributed by atoms with Crippen LogP contribution in [0.4, 0.5) is 4.39 Å². The van der Waals surface area contributed by atoms with Crippen LogP contribution in [-0.2, 0) is 4.79 Å². The molecular weight excluding hydrogens is 438 g/mol. The highest BCUT2D eigenvalue weighted by Gasteiger charge is 2.25. The summed E-state index contributed by atoms with van der Waals surface area (Å²) in [4.78, 5) is 11.3. The first-order valence-electron chi connectivity index (χ1n) is 9.48. The molecule has 1 aliphatic rings. The van der Waals surface area contributed by atoms with E-state index in [2.05, 4.69) is 0 Å². The monoisotopic (exact) mass is 454 g/mol. The van der Waals surface area contributed by atoms with Gasteiger partial charge in [-0.1, -0.05) is 41.4 Å². The van der Waals surface area contributed by atoms with Gasteiger partial charge in [-0.2, -0.15) is 0 Å². The zero-order valence-corrected chi connectivity index (χ0v) is 18.0. The molecule has 156 valence electrons. The summed E-state index contributed by atoms with van der Waals surface area (Å²) in [6.45, 7) is 1.86. The van der Waals surface area contributed by atoms with Gasteiger partial charge < -0.3 is 9.84 Å². The molecule has 3 aromatic rings. The maximum atomic E-state index is 13.8. The maximum absolute atomic E-state index is 13.8. The van der Waals surface area contributed by atoms with Crippen LogP contribution in [0.5, 0.6) is 11.5 Å². The number of hydrogen-bond acceptors (Lipinski definition) is 2. The van der Waals surface area contributed by atoms with Crippen LogP contribution in [-0.4, -0.2) is 11.1 Å². The minimum Gasteiger partial charge on any atom is -0.481 e. The number of rotatable bonds is 5. The summed E-state index contributed by atoms with van der Waals surface area (Å²) in [6.07, 6.45) is 1.81. The molecule has 0 aliphatic heterocycles. The van der Waals surface area contributed by atoms with Crippen LogP contribution >= 0.6 is 23.2 Å². The predicted octanol–water partition coefficient (Wildman–Crippen LogP) is 7.73. The molecule has 3 aromatic carbocycles. The third-order valence-electron chi connectivity index (χ3n) is 5.10. The number of fused-ring (bicyclic) bond motifs is 1. The summed E-state index contributed by atoms with van der Waals surface area (Å²) in [6, 6.07) is 17.0. The van der Waals surface area contributed by atoms with Gasteiger partial charge in [0, 0.05) is 6.07 Å². The summed E-state index contributed by atoms with van der Waals surface area (Å²) in [5, 5.41) is 10.1. The summed E-state index contributed by atoms with van der Waals surface area (Å²) in [5.74, 6) is -0.133. The summed E-state index contributed by atoms with van der Waals surface area (Å²) in [5.41, 5.74) is 4.70. The quantitative estimate of drug-likeness (QED) is 0.428. The van der Waals surface area contributed by atoms with Crippen molar-refractivity contribution in [3.63, 3.8) is 0 Å². The lowest BCUT2D eigenvalue weighted by molar-refractivity contribution is -0.135. The average molecular weight is 455 g/mol. The van der Waals surface area contributed by atoms with E-state index in [1.165, 1.54) is 12.1 Å². The van der Waals surface area contributed by atoms with E-state index in [0.29, 0.717) is 32.7 Å². The highest BCUT2D eigenvalue weighted by atomic mass is 35.5. The highest BCUT2D eigenvalue weighted by molar-refractivity contribution is 6.42. The second kappa shape index (κ2) is 8.58. The van der Waals surface area contributed by atoms with Crippen LogP contribution in [0.1, 0.15) is 30.0 Å². The Morgan fingerprint density at radius 2 is 1.68 bits per heavy atom. The molecule has 1 N–H and O–H groups in total. The number of carboxylic acid groups (broad SMARTS) is 1. The van der Waals surface area contributed by atoms with E-state index >= 15 is 0 Å². The fourth-order valence-corrected chi connectivity index (χ4v) is 3.90. The van der Waals surface area contributed by atoms with Crippen molar-refractivity contribution in [2.24, 2.45) is 0 Å². The van der Waals surface area contributed by atoms with Gasteiger partial charge in [0.05, 0.1) is 16.5 Å². The van der Waals surface area contributed by atoms with E-state index in [1.54, 1.807) is 24.3 Å². The molecule has 0 radical (unpaired) electrons. The lowest BCUT2D eigenvalue weighted by Gasteiger charge is -2.08. The van der Waals surface area contributed by atoms with Crippen molar-refractivity contribution in [1.82, 2.24) is 0 Å². The van der Waals surface area contributed by atoms with Gasteiger partial charge in [-0.25, -0.2) is 4.39 Å². The first-order valence-corrected chi connectivity index (χ1v) is 10.2. The van der Waals surface area contributed by atoms with Gasteiger partial charge in [0.1, 0.15) is 17.3 Å². The molecule has 0 bridgehead atoms. The van der Waals surface area contributed by atoms with E-state index in [4.69, 9.17) is 27.9 Å². The molecule has 1 aliphatic carbocycles. The second-order valence-electron chi connectivity index (χ2n) is 7.17. The van der Waals surface area contributed by atoms with Gasteiger partial charge in [0.15, 0.2) is 0 Å². The molecule has 0 saturated carbocycles. The molecule has 0 fully saturated rings. The van der Waals surface area contributed by atoms with Crippen molar-refractivity contribution < 1.29 is 19.0 Å². The van der Waals surface area contributed by atoms with E-state index in [-0.39, 0.29) is 12.2 Å². The number of allylic oxidation sites excluding steroid dienone is 2. The number of aliphatic carboxylic acids is 1. The van der Waals surface area contributed by atoms with Gasteiger partial charge in [-0.05, 0) is 82.8 Å². The Morgan fingerprint density at radius 1 is 0.968 bits per heavy atom. The fourth-order valence-electron chi connectivity index (χ4n) is 3.61. The SMILES string of the molecule is CC1=C(CC(=O)O)c2cc(F)ccc2/C1=C/c1ccc(Oc2ccc(Cl)c(Cl)c2)cc1. The van der Waals surface area contributed by atoms with Gasteiger partial charge in [-0.3, -0.25) is 4.79 Å². The molecule has 0 amide bonds. The Hall–Kier alpha value is -3.08. The molecule has 0 heterocycles. The predicted molar refractivity (Wildman–Crippen MR) is 122 cm³/mol. The summed E-state index contributed by atoms with van der Waals surface area (Å²) >= 11 is 12.0. The number of carboxylic acids is 1. The normalized spacial score (nSPS) is 14.1. The number of carbonyl (C=O) groups is 1. The number of ether oxygens (including phenoxy) is 1. The van der Waals surface area contributed by atoms with E-state index in [0.717, 1.165) is 22.3 Å². The second-order valence-corrected chi connectivity index (χ2v) is 7.98. The van der Waals surface area contributed by atoms with Crippen LogP contribution in [0.3, 0.4) is 0 Å². The Kier molecular flexibility index (Phi) is 5.86. The van der Waals surface area contributed by atoms with Crippen molar-refractivity contribution >= 4 is 46.4 Å². The summed E-state index contributed by atoms with van der Waals surface area (Å²) in [7, 11) is 0. The largest absolute Gasteiger partial charge is 0.481 e. The minimum atomic E-state index is -0.949. The standard InChI is InChI=1S/C25H17Cl2FO3/c1-14-20(19-8-4-16(28)11-22(19)21(14)13-25(29)30)10-15-2-5-17(6-3-15)31-18-7-9-23(26)24(27)12-18/h2-12H,13H2,1H3,(H,29,30)/b20-10+. The zero-order valence-electron chi connectivity index (χ0n) is 16.5. The third-order valence-corrected chi connectivity index (χ3v) is 5.84. The number of hydrogen-bond donors (Lipinski definition) is 1. The molecule has 0 aromatic heterocycles. The highest BCUT2D eigenvalue weighted by Crippen LogP contribution is 2.44.